The molecule has 28 heavy (non-hydrogen) atoms. The number of pyridine rings is 2. The molecular weight excluding hydrogens is 352 g/mol. The van der Waals surface area contributed by atoms with E-state index >= 15 is 0 Å². The van der Waals surface area contributed by atoms with Crippen LogP contribution in [-0.4, -0.2) is 53.9 Å². The molecule has 5 rings (SSSR count). The van der Waals surface area contributed by atoms with Crippen LogP contribution in [-0.2, 0) is 0 Å². The van der Waals surface area contributed by atoms with Crippen LogP contribution in [0.15, 0.2) is 36.7 Å². The Morgan fingerprint density at radius 1 is 1.14 bits per heavy atom. The van der Waals surface area contributed by atoms with Crippen molar-refractivity contribution in [2.45, 2.75) is 12.8 Å². The molecular formula is C22H22N4O2. The third-order valence-corrected chi connectivity index (χ3v) is 5.67. The minimum atomic E-state index is 0.0151. The van der Waals surface area contributed by atoms with Crippen molar-refractivity contribution < 1.29 is 9.53 Å². The van der Waals surface area contributed by atoms with Crippen molar-refractivity contribution in [3.05, 3.63) is 47.8 Å². The Balaban J connectivity index is 1.60. The Morgan fingerprint density at radius 2 is 2.00 bits per heavy atom. The van der Waals surface area contributed by atoms with Gasteiger partial charge >= 0.3 is 0 Å². The fourth-order valence-corrected chi connectivity index (χ4v) is 4.27. The molecule has 1 N–H and O–H groups in total. The maximum Gasteiger partial charge on any atom is 0.198 e. The molecule has 1 fully saturated rings. The molecule has 1 aliphatic carbocycles. The lowest BCUT2D eigenvalue weighted by molar-refractivity contribution is 0.104. The van der Waals surface area contributed by atoms with Crippen LogP contribution < -0.4 is 10.1 Å². The fourth-order valence-electron chi connectivity index (χ4n) is 4.27. The highest BCUT2D eigenvalue weighted by Crippen LogP contribution is 2.43. The molecule has 0 atom stereocenters. The van der Waals surface area contributed by atoms with Crippen molar-refractivity contribution in [3.8, 4) is 16.9 Å². The Kier molecular flexibility index (Phi) is 4.20. The monoisotopic (exact) mass is 374 g/mol. The maximum atomic E-state index is 13.2. The van der Waals surface area contributed by atoms with Crippen molar-refractivity contribution in [2.24, 2.45) is 0 Å². The Morgan fingerprint density at radius 3 is 2.82 bits per heavy atom. The van der Waals surface area contributed by atoms with E-state index in [2.05, 4.69) is 15.2 Å². The lowest BCUT2D eigenvalue weighted by Crippen LogP contribution is -2.26. The Bertz CT molecular complexity index is 1070. The van der Waals surface area contributed by atoms with Crippen molar-refractivity contribution in [1.82, 2.24) is 14.9 Å². The number of benzene rings is 1. The predicted molar refractivity (Wildman–Crippen MR) is 109 cm³/mol. The number of carbonyl (C=O) groups is 1. The molecule has 142 valence electrons. The number of methoxy groups -OCH3 is 1. The number of ether oxygens (including phenoxy) is 1. The molecule has 1 aromatic carbocycles. The van der Waals surface area contributed by atoms with E-state index in [0.717, 1.165) is 54.0 Å². The number of nitrogens with one attached hydrogen (secondary N) is 1. The Hall–Kier alpha value is -2.99. The minimum absolute atomic E-state index is 0.0151. The summed E-state index contributed by atoms with van der Waals surface area (Å²) in [6.45, 7) is 4.02. The highest BCUT2D eigenvalue weighted by Gasteiger charge is 2.32. The smallest absolute Gasteiger partial charge is 0.198 e. The number of fused-ring (bicyclic) bond motifs is 5. The zero-order chi connectivity index (χ0) is 19.1. The SMILES string of the molecule is COc1ccc2c3c(c(NCCN4CCCC4)nc2c1)C(=O)c1ccncc1-3. The summed E-state index contributed by atoms with van der Waals surface area (Å²) in [7, 11) is 1.65. The van der Waals surface area contributed by atoms with E-state index < -0.39 is 0 Å². The molecule has 6 nitrogen and oxygen atoms in total. The van der Waals surface area contributed by atoms with Crippen LogP contribution in [0.4, 0.5) is 5.82 Å². The second-order valence-corrected chi connectivity index (χ2v) is 7.32. The molecule has 0 bridgehead atoms. The van der Waals surface area contributed by atoms with Crippen molar-refractivity contribution in [3.63, 3.8) is 0 Å². The first-order valence-corrected chi connectivity index (χ1v) is 9.73. The van der Waals surface area contributed by atoms with Crippen LogP contribution in [0.25, 0.3) is 22.0 Å². The van der Waals surface area contributed by atoms with Gasteiger partial charge in [0.2, 0.25) is 0 Å². The third-order valence-electron chi connectivity index (χ3n) is 5.67. The zero-order valence-electron chi connectivity index (χ0n) is 15.9. The molecule has 0 saturated carbocycles. The highest BCUT2D eigenvalue weighted by atomic mass is 16.5. The molecule has 2 aliphatic rings. The molecule has 0 amide bonds. The van der Waals surface area contributed by atoms with E-state index in [0.29, 0.717) is 16.9 Å². The van der Waals surface area contributed by atoms with Gasteiger partial charge in [-0.15, -0.1) is 0 Å². The van der Waals surface area contributed by atoms with Gasteiger partial charge in [0.25, 0.3) is 0 Å². The van der Waals surface area contributed by atoms with E-state index in [4.69, 9.17) is 9.72 Å². The average Bonchev–Trinajstić information content (AvgIpc) is 3.35. The van der Waals surface area contributed by atoms with Gasteiger partial charge in [-0.05, 0) is 44.1 Å². The summed E-state index contributed by atoms with van der Waals surface area (Å²) in [6, 6.07) is 7.59. The summed E-state index contributed by atoms with van der Waals surface area (Å²) < 4.78 is 5.37. The summed E-state index contributed by atoms with van der Waals surface area (Å²) in [4.78, 5) is 24.6. The summed E-state index contributed by atoms with van der Waals surface area (Å²) in [6.07, 6.45) is 5.98. The van der Waals surface area contributed by atoms with Gasteiger partial charge in [0.15, 0.2) is 5.78 Å². The molecule has 3 heterocycles. The van der Waals surface area contributed by atoms with Crippen LogP contribution >= 0.6 is 0 Å². The minimum Gasteiger partial charge on any atom is -0.497 e. The third kappa shape index (κ3) is 2.72. The standard InChI is InChI=1S/C22H22N4O2/c1-28-14-4-5-16-18(12-14)25-22(24-8-11-26-9-2-3-10-26)20-19(16)17-13-23-7-6-15(17)21(20)27/h4-7,12-13H,2-3,8-11H2,1H3,(H,24,25). The lowest BCUT2D eigenvalue weighted by Gasteiger charge is -2.17. The molecule has 1 saturated heterocycles. The van der Waals surface area contributed by atoms with Gasteiger partial charge in [0.1, 0.15) is 11.6 Å². The first-order chi connectivity index (χ1) is 13.8. The van der Waals surface area contributed by atoms with Gasteiger partial charge in [-0.3, -0.25) is 9.78 Å². The number of anilines is 1. The lowest BCUT2D eigenvalue weighted by atomic mass is 10.0. The highest BCUT2D eigenvalue weighted by molar-refractivity contribution is 6.27. The first kappa shape index (κ1) is 17.1. The first-order valence-electron chi connectivity index (χ1n) is 9.73. The van der Waals surface area contributed by atoms with E-state index in [-0.39, 0.29) is 5.78 Å². The van der Waals surface area contributed by atoms with E-state index in [1.807, 2.05) is 18.2 Å². The number of carbonyl (C=O) groups excluding carboxylic acids is 1. The van der Waals surface area contributed by atoms with Crippen LogP contribution in [0.2, 0.25) is 0 Å². The quantitative estimate of drug-likeness (QED) is 0.578. The number of likely N-dealkylation sites (tertiary alicyclic amines) is 1. The van der Waals surface area contributed by atoms with Gasteiger partial charge in [0, 0.05) is 53.6 Å². The second kappa shape index (κ2) is 6.87. The van der Waals surface area contributed by atoms with Crippen molar-refractivity contribution in [1.29, 1.82) is 0 Å². The van der Waals surface area contributed by atoms with Gasteiger partial charge < -0.3 is 15.0 Å². The Labute approximate surface area is 163 Å². The van der Waals surface area contributed by atoms with Crippen LogP contribution in [0.5, 0.6) is 5.75 Å². The average molecular weight is 374 g/mol. The number of rotatable bonds is 5. The molecule has 0 spiro atoms. The number of nitrogens with zero attached hydrogens (tertiary/aromatic N) is 3. The summed E-state index contributed by atoms with van der Waals surface area (Å²) in [5, 5.41) is 4.38. The molecule has 6 heteroatoms. The largest absolute Gasteiger partial charge is 0.497 e. The number of aromatic nitrogens is 2. The van der Waals surface area contributed by atoms with Crippen LogP contribution in [0.1, 0.15) is 28.8 Å². The predicted octanol–water partition coefficient (Wildman–Crippen LogP) is 3.36. The topological polar surface area (TPSA) is 67.3 Å². The molecule has 0 radical (unpaired) electrons. The normalized spacial score (nSPS) is 15.7. The molecule has 1 aliphatic heterocycles. The molecule has 3 aromatic rings. The van der Waals surface area contributed by atoms with Crippen LogP contribution in [0.3, 0.4) is 0 Å². The van der Waals surface area contributed by atoms with Gasteiger partial charge in [-0.2, -0.15) is 0 Å². The molecule has 0 unspecified atom stereocenters. The maximum absolute atomic E-state index is 13.2. The number of hydrogen-bond acceptors (Lipinski definition) is 6. The van der Waals surface area contributed by atoms with Crippen LogP contribution in [0, 0.1) is 0 Å². The number of hydrogen-bond donors (Lipinski definition) is 1. The summed E-state index contributed by atoms with van der Waals surface area (Å²) in [5.41, 5.74) is 3.96. The van der Waals surface area contributed by atoms with E-state index in [1.165, 1.54) is 12.8 Å². The summed E-state index contributed by atoms with van der Waals surface area (Å²) in [5.74, 6) is 1.41. The zero-order valence-corrected chi connectivity index (χ0v) is 15.9. The van der Waals surface area contributed by atoms with Crippen molar-refractivity contribution in [2.75, 3.05) is 38.6 Å². The fraction of sp³-hybridized carbons (Fsp3) is 0.318. The second-order valence-electron chi connectivity index (χ2n) is 7.32. The van der Waals surface area contributed by atoms with E-state index in [1.54, 1.807) is 25.6 Å². The van der Waals surface area contributed by atoms with Gasteiger partial charge in [-0.1, -0.05) is 0 Å². The van der Waals surface area contributed by atoms with E-state index in [9.17, 15) is 4.79 Å². The number of ketones is 1. The molecule has 2 aromatic heterocycles. The summed E-state index contributed by atoms with van der Waals surface area (Å²) >= 11 is 0. The van der Waals surface area contributed by atoms with Gasteiger partial charge in [-0.25, -0.2) is 4.98 Å². The van der Waals surface area contributed by atoms with Crippen molar-refractivity contribution >= 4 is 22.5 Å². The van der Waals surface area contributed by atoms with Gasteiger partial charge in [0.05, 0.1) is 18.2 Å².